The van der Waals surface area contributed by atoms with Gasteiger partial charge < -0.3 is 14.8 Å². The fourth-order valence-corrected chi connectivity index (χ4v) is 3.08. The Balaban J connectivity index is 1.88. The quantitative estimate of drug-likeness (QED) is 0.534. The van der Waals surface area contributed by atoms with Crippen LogP contribution in [0.15, 0.2) is 42.5 Å². The predicted molar refractivity (Wildman–Crippen MR) is 104 cm³/mol. The molecule has 1 amide bonds. The molecule has 1 heterocycles. The molecule has 0 saturated heterocycles. The van der Waals surface area contributed by atoms with E-state index in [-0.39, 0.29) is 23.7 Å². The Bertz CT molecular complexity index is 1010. The van der Waals surface area contributed by atoms with Crippen molar-refractivity contribution in [3.05, 3.63) is 64.0 Å². The van der Waals surface area contributed by atoms with Crippen LogP contribution in [-0.4, -0.2) is 34.5 Å². The van der Waals surface area contributed by atoms with E-state index in [1.807, 2.05) is 35.8 Å². The molecule has 0 atom stereocenters. The number of para-hydroxylation sites is 2. The first-order valence-corrected chi connectivity index (χ1v) is 8.60. The highest BCUT2D eigenvalue weighted by Crippen LogP contribution is 2.24. The molecule has 0 fully saturated rings. The Morgan fingerprint density at radius 3 is 2.67 bits per heavy atom. The third kappa shape index (κ3) is 3.59. The zero-order valence-corrected chi connectivity index (χ0v) is 15.5. The molecule has 3 aromatic rings. The number of benzene rings is 2. The van der Waals surface area contributed by atoms with Crippen molar-refractivity contribution < 1.29 is 9.72 Å². The van der Waals surface area contributed by atoms with Crippen LogP contribution in [0, 0.1) is 10.1 Å². The van der Waals surface area contributed by atoms with Crippen LogP contribution < -0.4 is 10.2 Å². The number of fused-ring (bicyclic) bond motifs is 1. The summed E-state index contributed by atoms with van der Waals surface area (Å²) in [4.78, 5) is 29.6. The summed E-state index contributed by atoms with van der Waals surface area (Å²) in [6.07, 6.45) is 0. The van der Waals surface area contributed by atoms with Crippen molar-refractivity contribution in [2.24, 2.45) is 0 Å². The summed E-state index contributed by atoms with van der Waals surface area (Å²) in [7, 11) is 3.57. The molecule has 0 aliphatic carbocycles. The molecule has 0 bridgehead atoms. The number of nitro groups is 1. The number of nitrogens with one attached hydrogen (secondary N) is 1. The van der Waals surface area contributed by atoms with Gasteiger partial charge in [-0.3, -0.25) is 14.9 Å². The van der Waals surface area contributed by atoms with Gasteiger partial charge in [-0.15, -0.1) is 0 Å². The van der Waals surface area contributed by atoms with Crippen LogP contribution in [0.25, 0.3) is 11.0 Å². The molecule has 140 valence electrons. The zero-order chi connectivity index (χ0) is 19.6. The normalized spacial score (nSPS) is 10.8. The number of nitrogens with zero attached hydrogens (tertiary/aromatic N) is 4. The molecule has 27 heavy (non-hydrogen) atoms. The number of carbonyl (C=O) groups is 1. The van der Waals surface area contributed by atoms with Crippen molar-refractivity contribution in [2.75, 3.05) is 19.0 Å². The highest BCUT2D eigenvalue weighted by atomic mass is 16.6. The lowest BCUT2D eigenvalue weighted by Gasteiger charge is -2.17. The van der Waals surface area contributed by atoms with E-state index in [1.54, 1.807) is 25.1 Å². The van der Waals surface area contributed by atoms with E-state index >= 15 is 0 Å². The lowest BCUT2D eigenvalue weighted by molar-refractivity contribution is -0.384. The molecule has 0 aliphatic rings. The molecule has 3 rings (SSSR count). The molecule has 8 heteroatoms. The minimum Gasteiger partial charge on any atom is -0.377 e. The largest absolute Gasteiger partial charge is 0.377 e. The second kappa shape index (κ2) is 7.45. The number of nitro benzene ring substituents is 1. The van der Waals surface area contributed by atoms with Crippen molar-refractivity contribution in [1.82, 2.24) is 14.9 Å². The monoisotopic (exact) mass is 367 g/mol. The smallest absolute Gasteiger partial charge is 0.270 e. The molecule has 0 saturated carbocycles. The highest BCUT2D eigenvalue weighted by Gasteiger charge is 2.19. The molecule has 0 unspecified atom stereocenters. The van der Waals surface area contributed by atoms with Crippen molar-refractivity contribution in [3.63, 3.8) is 0 Å². The van der Waals surface area contributed by atoms with E-state index in [4.69, 9.17) is 0 Å². The first-order chi connectivity index (χ1) is 12.9. The molecule has 1 N–H and O–H groups in total. The number of rotatable bonds is 6. The van der Waals surface area contributed by atoms with E-state index in [0.717, 1.165) is 23.4 Å². The van der Waals surface area contributed by atoms with Gasteiger partial charge in [0.15, 0.2) is 0 Å². The summed E-state index contributed by atoms with van der Waals surface area (Å²) in [6, 6.07) is 12.1. The van der Waals surface area contributed by atoms with Gasteiger partial charge >= 0.3 is 0 Å². The van der Waals surface area contributed by atoms with E-state index in [2.05, 4.69) is 10.3 Å². The Kier molecular flexibility index (Phi) is 5.07. The summed E-state index contributed by atoms with van der Waals surface area (Å²) >= 11 is 0. The highest BCUT2D eigenvalue weighted by molar-refractivity contribution is 6.00. The van der Waals surface area contributed by atoms with Crippen LogP contribution >= 0.6 is 0 Å². The number of anilines is 1. The van der Waals surface area contributed by atoms with E-state index < -0.39 is 4.92 Å². The van der Waals surface area contributed by atoms with Crippen molar-refractivity contribution >= 4 is 28.3 Å². The molecule has 0 spiro atoms. The van der Waals surface area contributed by atoms with E-state index in [9.17, 15) is 14.9 Å². The number of hydrogen-bond acceptors (Lipinski definition) is 5. The number of hydrogen-bond donors (Lipinski definition) is 1. The fraction of sp³-hybridized carbons (Fsp3) is 0.263. The number of non-ortho nitro benzene ring substituents is 1. The third-order valence-electron chi connectivity index (χ3n) is 4.37. The standard InChI is InChI=1S/C19H21N5O3/c1-4-23-17-8-6-5-7-15(17)21-18(23)12-20-19(25)14-11-13(24(26)27)9-10-16(14)22(2)3/h5-11H,4,12H2,1-3H3,(H,20,25). The van der Waals surface area contributed by atoms with Gasteiger partial charge in [-0.05, 0) is 25.1 Å². The van der Waals surface area contributed by atoms with Gasteiger partial charge in [0, 0.05) is 38.5 Å². The maximum Gasteiger partial charge on any atom is 0.270 e. The lowest BCUT2D eigenvalue weighted by atomic mass is 10.1. The maximum absolute atomic E-state index is 12.7. The topological polar surface area (TPSA) is 93.3 Å². The van der Waals surface area contributed by atoms with Crippen molar-refractivity contribution in [2.45, 2.75) is 20.0 Å². The van der Waals surface area contributed by atoms with Gasteiger partial charge in [0.2, 0.25) is 0 Å². The van der Waals surface area contributed by atoms with Gasteiger partial charge in [-0.1, -0.05) is 12.1 Å². The summed E-state index contributed by atoms with van der Waals surface area (Å²) in [5, 5.41) is 13.9. The van der Waals surface area contributed by atoms with Gasteiger partial charge in [-0.25, -0.2) is 4.98 Å². The minimum atomic E-state index is -0.507. The SMILES string of the molecule is CCn1c(CNC(=O)c2cc([N+](=O)[O-])ccc2N(C)C)nc2ccccc21. The molecule has 2 aromatic carbocycles. The number of aromatic nitrogens is 2. The first kappa shape index (κ1) is 18.4. The Labute approximate surface area is 156 Å². The molecule has 1 aromatic heterocycles. The summed E-state index contributed by atoms with van der Waals surface area (Å²) in [5.74, 6) is 0.362. The molecular weight excluding hydrogens is 346 g/mol. The van der Waals surface area contributed by atoms with E-state index in [0.29, 0.717) is 5.69 Å². The van der Waals surface area contributed by atoms with Crippen molar-refractivity contribution in [3.8, 4) is 0 Å². The number of aryl methyl sites for hydroxylation is 1. The number of carbonyl (C=O) groups excluding carboxylic acids is 1. The summed E-state index contributed by atoms with van der Waals surface area (Å²) < 4.78 is 2.04. The van der Waals surface area contributed by atoms with E-state index in [1.165, 1.54) is 12.1 Å². The summed E-state index contributed by atoms with van der Waals surface area (Å²) in [5.41, 5.74) is 2.63. The second-order valence-corrected chi connectivity index (χ2v) is 6.30. The zero-order valence-electron chi connectivity index (χ0n) is 15.5. The average molecular weight is 367 g/mol. The Morgan fingerprint density at radius 2 is 2.00 bits per heavy atom. The Hall–Kier alpha value is -3.42. The third-order valence-corrected chi connectivity index (χ3v) is 4.37. The van der Waals surface area contributed by atoms with Gasteiger partial charge in [-0.2, -0.15) is 0 Å². The van der Waals surface area contributed by atoms with Gasteiger partial charge in [0.05, 0.1) is 28.1 Å². The molecular formula is C19H21N5O3. The van der Waals surface area contributed by atoms with Crippen LogP contribution in [0.2, 0.25) is 0 Å². The van der Waals surface area contributed by atoms with Crippen LogP contribution in [0.5, 0.6) is 0 Å². The predicted octanol–water partition coefficient (Wildman–Crippen LogP) is 2.96. The molecule has 8 nitrogen and oxygen atoms in total. The van der Waals surface area contributed by atoms with Crippen molar-refractivity contribution in [1.29, 1.82) is 0 Å². The number of amides is 1. The second-order valence-electron chi connectivity index (χ2n) is 6.30. The van der Waals surface area contributed by atoms with Crippen LogP contribution in [0.1, 0.15) is 23.1 Å². The Morgan fingerprint density at radius 1 is 1.26 bits per heavy atom. The summed E-state index contributed by atoms with van der Waals surface area (Å²) in [6.45, 7) is 2.98. The van der Waals surface area contributed by atoms with Gasteiger partial charge in [0.25, 0.3) is 11.6 Å². The minimum absolute atomic E-state index is 0.119. The fourth-order valence-electron chi connectivity index (χ4n) is 3.08. The van der Waals surface area contributed by atoms with Gasteiger partial charge in [0.1, 0.15) is 5.82 Å². The first-order valence-electron chi connectivity index (χ1n) is 8.60. The average Bonchev–Trinajstić information content (AvgIpc) is 3.02. The number of imidazole rings is 1. The van der Waals surface area contributed by atoms with Crippen LogP contribution in [-0.2, 0) is 13.1 Å². The molecule has 0 radical (unpaired) electrons. The van der Waals surface area contributed by atoms with Crippen LogP contribution in [0.3, 0.4) is 0 Å². The van der Waals surface area contributed by atoms with Crippen LogP contribution in [0.4, 0.5) is 11.4 Å². The maximum atomic E-state index is 12.7. The molecule has 0 aliphatic heterocycles. The lowest BCUT2D eigenvalue weighted by Crippen LogP contribution is -2.27.